The molecule has 1 heterocycles. The standard InChI is InChI=1S/C16H14Cl2N2O2/c1-20-7-6-9(8-14(20)21)16(22)19-13-5-3-11-10(13)2-4-12(17)15(11)18/h2,4,6-8,13H,3,5H2,1H3,(H,19,22)/t13-/m0/s1. The molecule has 1 aromatic carbocycles. The van der Waals surface area contributed by atoms with Crippen LogP contribution in [-0.4, -0.2) is 10.5 Å². The van der Waals surface area contributed by atoms with E-state index in [0.717, 1.165) is 24.0 Å². The number of aryl methyl sites for hydroxylation is 1. The molecule has 1 aliphatic carbocycles. The largest absolute Gasteiger partial charge is 0.345 e. The number of halogens is 2. The van der Waals surface area contributed by atoms with Crippen LogP contribution in [0.5, 0.6) is 0 Å². The molecule has 1 N–H and O–H groups in total. The number of carbonyl (C=O) groups is 1. The zero-order valence-electron chi connectivity index (χ0n) is 11.9. The Bertz CT molecular complexity index is 814. The van der Waals surface area contributed by atoms with E-state index < -0.39 is 0 Å². The van der Waals surface area contributed by atoms with Gasteiger partial charge in [-0.25, -0.2) is 0 Å². The van der Waals surface area contributed by atoms with Crippen LogP contribution in [0.1, 0.15) is 33.9 Å². The lowest BCUT2D eigenvalue weighted by Crippen LogP contribution is -2.28. The zero-order chi connectivity index (χ0) is 15.9. The Morgan fingerprint density at radius 1 is 1.32 bits per heavy atom. The normalized spacial score (nSPS) is 16.4. The topological polar surface area (TPSA) is 51.1 Å². The van der Waals surface area contributed by atoms with Gasteiger partial charge in [0.2, 0.25) is 0 Å². The molecule has 0 saturated heterocycles. The third-order valence-corrected chi connectivity index (χ3v) is 4.81. The molecule has 0 radical (unpaired) electrons. The van der Waals surface area contributed by atoms with Gasteiger partial charge in [0.15, 0.2) is 0 Å². The number of pyridine rings is 1. The second kappa shape index (κ2) is 5.78. The van der Waals surface area contributed by atoms with Crippen molar-refractivity contribution in [1.29, 1.82) is 0 Å². The van der Waals surface area contributed by atoms with Gasteiger partial charge >= 0.3 is 0 Å². The van der Waals surface area contributed by atoms with Crippen LogP contribution < -0.4 is 10.9 Å². The van der Waals surface area contributed by atoms with E-state index in [-0.39, 0.29) is 17.5 Å². The number of amides is 1. The first kappa shape index (κ1) is 15.1. The summed E-state index contributed by atoms with van der Waals surface area (Å²) in [6.45, 7) is 0. The Hall–Kier alpha value is -1.78. The number of carbonyl (C=O) groups excluding carboxylic acids is 1. The van der Waals surface area contributed by atoms with Crippen molar-refractivity contribution in [2.75, 3.05) is 0 Å². The van der Waals surface area contributed by atoms with E-state index in [1.807, 2.05) is 6.07 Å². The third kappa shape index (κ3) is 2.64. The summed E-state index contributed by atoms with van der Waals surface area (Å²) in [4.78, 5) is 23.9. The van der Waals surface area contributed by atoms with Crippen LogP contribution >= 0.6 is 23.2 Å². The minimum Gasteiger partial charge on any atom is -0.345 e. The summed E-state index contributed by atoms with van der Waals surface area (Å²) in [5, 5.41) is 4.04. The van der Waals surface area contributed by atoms with Crippen molar-refractivity contribution in [3.8, 4) is 0 Å². The average molecular weight is 337 g/mol. The van der Waals surface area contributed by atoms with Gasteiger partial charge in [0.1, 0.15) is 0 Å². The minimum absolute atomic E-state index is 0.110. The second-order valence-electron chi connectivity index (χ2n) is 5.36. The molecule has 0 saturated carbocycles. The van der Waals surface area contributed by atoms with Gasteiger partial charge in [-0.15, -0.1) is 0 Å². The smallest absolute Gasteiger partial charge is 0.252 e. The fourth-order valence-electron chi connectivity index (χ4n) is 2.71. The Morgan fingerprint density at radius 2 is 2.09 bits per heavy atom. The van der Waals surface area contributed by atoms with E-state index in [9.17, 15) is 9.59 Å². The van der Waals surface area contributed by atoms with Crippen molar-refractivity contribution in [2.24, 2.45) is 7.05 Å². The molecule has 4 nitrogen and oxygen atoms in total. The molecule has 0 spiro atoms. The van der Waals surface area contributed by atoms with Gasteiger partial charge in [0.05, 0.1) is 16.1 Å². The molecule has 0 aliphatic heterocycles. The van der Waals surface area contributed by atoms with Crippen LogP contribution in [-0.2, 0) is 13.5 Å². The molecule has 1 atom stereocenters. The van der Waals surface area contributed by atoms with Crippen molar-refractivity contribution < 1.29 is 4.79 Å². The Kier molecular flexibility index (Phi) is 3.98. The van der Waals surface area contributed by atoms with Crippen molar-refractivity contribution in [3.05, 3.63) is 67.6 Å². The molecule has 6 heteroatoms. The van der Waals surface area contributed by atoms with Gasteiger partial charge in [-0.1, -0.05) is 29.3 Å². The molecule has 0 fully saturated rings. The number of hydrogen-bond acceptors (Lipinski definition) is 2. The van der Waals surface area contributed by atoms with E-state index in [1.165, 1.54) is 10.6 Å². The van der Waals surface area contributed by atoms with Crippen LogP contribution in [0.3, 0.4) is 0 Å². The molecule has 1 amide bonds. The first-order valence-corrected chi connectivity index (χ1v) is 7.67. The summed E-state index contributed by atoms with van der Waals surface area (Å²) >= 11 is 12.2. The van der Waals surface area contributed by atoms with Gasteiger partial charge in [-0.2, -0.15) is 0 Å². The fourth-order valence-corrected chi connectivity index (χ4v) is 3.16. The van der Waals surface area contributed by atoms with Gasteiger partial charge in [-0.05, 0) is 36.1 Å². The number of nitrogens with zero attached hydrogens (tertiary/aromatic N) is 1. The van der Waals surface area contributed by atoms with E-state index in [2.05, 4.69) is 5.32 Å². The maximum Gasteiger partial charge on any atom is 0.252 e. The molecular formula is C16H14Cl2N2O2. The number of nitrogens with one attached hydrogen (secondary N) is 1. The van der Waals surface area contributed by atoms with Crippen LogP contribution in [0.25, 0.3) is 0 Å². The maximum atomic E-state index is 12.3. The summed E-state index contributed by atoms with van der Waals surface area (Å²) in [6, 6.07) is 6.49. The highest BCUT2D eigenvalue weighted by Crippen LogP contribution is 2.39. The first-order valence-electron chi connectivity index (χ1n) is 6.91. The summed E-state index contributed by atoms with van der Waals surface area (Å²) in [5.41, 5.74) is 2.13. The molecule has 1 aromatic heterocycles. The summed E-state index contributed by atoms with van der Waals surface area (Å²) in [5.74, 6) is -0.262. The minimum atomic E-state index is -0.262. The number of fused-ring (bicyclic) bond motifs is 1. The van der Waals surface area contributed by atoms with Crippen LogP contribution in [0.4, 0.5) is 0 Å². The highest BCUT2D eigenvalue weighted by molar-refractivity contribution is 6.42. The van der Waals surface area contributed by atoms with Crippen LogP contribution in [0, 0.1) is 0 Å². The maximum absolute atomic E-state index is 12.3. The lowest BCUT2D eigenvalue weighted by atomic mass is 10.1. The van der Waals surface area contributed by atoms with Crippen LogP contribution in [0.15, 0.2) is 35.3 Å². The summed E-state index contributed by atoms with van der Waals surface area (Å²) < 4.78 is 1.42. The molecule has 3 rings (SSSR count). The lowest BCUT2D eigenvalue weighted by molar-refractivity contribution is 0.0936. The van der Waals surface area contributed by atoms with E-state index in [0.29, 0.717) is 15.6 Å². The fraction of sp³-hybridized carbons (Fsp3) is 0.250. The Balaban J connectivity index is 1.84. The Labute approximate surface area is 137 Å². The van der Waals surface area contributed by atoms with Gasteiger partial charge in [0, 0.05) is 24.9 Å². The number of rotatable bonds is 2. The third-order valence-electron chi connectivity index (χ3n) is 3.96. The number of benzene rings is 1. The summed E-state index contributed by atoms with van der Waals surface area (Å²) in [6.07, 6.45) is 3.12. The molecule has 0 unspecified atom stereocenters. The predicted molar refractivity (Wildman–Crippen MR) is 86.7 cm³/mol. The van der Waals surface area contributed by atoms with Crippen LogP contribution in [0.2, 0.25) is 10.0 Å². The van der Waals surface area contributed by atoms with Crippen molar-refractivity contribution >= 4 is 29.1 Å². The molecule has 114 valence electrons. The Morgan fingerprint density at radius 3 is 2.82 bits per heavy atom. The van der Waals surface area contributed by atoms with Crippen molar-refractivity contribution in [3.63, 3.8) is 0 Å². The summed E-state index contributed by atoms with van der Waals surface area (Å²) in [7, 11) is 1.64. The highest BCUT2D eigenvalue weighted by atomic mass is 35.5. The van der Waals surface area contributed by atoms with E-state index >= 15 is 0 Å². The molecule has 2 aromatic rings. The van der Waals surface area contributed by atoms with Gasteiger partial charge in [0.25, 0.3) is 11.5 Å². The van der Waals surface area contributed by atoms with E-state index in [1.54, 1.807) is 25.4 Å². The molecule has 0 bridgehead atoms. The number of aromatic nitrogens is 1. The quantitative estimate of drug-likeness (QED) is 0.915. The monoisotopic (exact) mass is 336 g/mol. The van der Waals surface area contributed by atoms with Gasteiger partial charge in [-0.3, -0.25) is 9.59 Å². The molecular weight excluding hydrogens is 323 g/mol. The number of hydrogen-bond donors (Lipinski definition) is 1. The molecule has 22 heavy (non-hydrogen) atoms. The SMILES string of the molecule is Cn1ccc(C(=O)N[C@H]2CCc3c2ccc(Cl)c3Cl)cc1=O. The van der Waals surface area contributed by atoms with E-state index in [4.69, 9.17) is 23.2 Å². The second-order valence-corrected chi connectivity index (χ2v) is 6.14. The molecule has 1 aliphatic rings. The average Bonchev–Trinajstić information content (AvgIpc) is 2.89. The first-order chi connectivity index (χ1) is 10.5. The lowest BCUT2D eigenvalue weighted by Gasteiger charge is -2.15. The predicted octanol–water partition coefficient (Wildman–Crippen LogP) is 3.11. The van der Waals surface area contributed by atoms with Crippen molar-refractivity contribution in [2.45, 2.75) is 18.9 Å². The van der Waals surface area contributed by atoms with Crippen molar-refractivity contribution in [1.82, 2.24) is 9.88 Å². The zero-order valence-corrected chi connectivity index (χ0v) is 13.4. The highest BCUT2D eigenvalue weighted by Gasteiger charge is 2.27. The van der Waals surface area contributed by atoms with Gasteiger partial charge < -0.3 is 9.88 Å².